The number of carbonyl (C=O) groups is 1. The van der Waals surface area contributed by atoms with Gasteiger partial charge in [0.25, 0.3) is 0 Å². The zero-order valence-corrected chi connectivity index (χ0v) is 16.0. The van der Waals surface area contributed by atoms with Crippen LogP contribution >= 0.6 is 12.4 Å². The quantitative estimate of drug-likeness (QED) is 0.685. The first-order valence-electron chi connectivity index (χ1n) is 8.70. The third-order valence-electron chi connectivity index (χ3n) is 4.36. The molecule has 1 unspecified atom stereocenters. The van der Waals surface area contributed by atoms with Crippen LogP contribution in [0, 0.1) is 5.82 Å². The zero-order chi connectivity index (χ0) is 18.4. The molecule has 2 N–H and O–H groups in total. The van der Waals surface area contributed by atoms with E-state index in [4.69, 9.17) is 4.74 Å². The Morgan fingerprint density at radius 2 is 2.19 bits per heavy atom. The number of piperazine rings is 1. The first-order valence-corrected chi connectivity index (χ1v) is 8.70. The van der Waals surface area contributed by atoms with Crippen LogP contribution in [-0.2, 0) is 11.8 Å². The number of amides is 1. The highest BCUT2D eigenvalue weighted by Crippen LogP contribution is 2.19. The SMILES string of the molecule is Cl.Cn1ccnc1C1CNCCN1CC(=O)NCCOc1ccc(F)cc1. The van der Waals surface area contributed by atoms with Crippen LogP contribution in [0.1, 0.15) is 11.9 Å². The fraction of sp³-hybridized carbons (Fsp3) is 0.444. The summed E-state index contributed by atoms with van der Waals surface area (Å²) in [5.74, 6) is 1.18. The van der Waals surface area contributed by atoms with Gasteiger partial charge in [-0.25, -0.2) is 9.37 Å². The van der Waals surface area contributed by atoms with Gasteiger partial charge in [0.2, 0.25) is 5.91 Å². The van der Waals surface area contributed by atoms with Crippen molar-refractivity contribution in [2.75, 3.05) is 39.3 Å². The summed E-state index contributed by atoms with van der Waals surface area (Å²) < 4.78 is 20.3. The molecule has 2 heterocycles. The Labute approximate surface area is 164 Å². The normalized spacial score (nSPS) is 17.2. The molecule has 1 saturated heterocycles. The molecule has 0 radical (unpaired) electrons. The molecule has 1 amide bonds. The molecule has 1 aromatic heterocycles. The van der Waals surface area contributed by atoms with E-state index in [0.29, 0.717) is 25.4 Å². The van der Waals surface area contributed by atoms with Crippen molar-refractivity contribution >= 4 is 18.3 Å². The molecule has 1 fully saturated rings. The average Bonchev–Trinajstić information content (AvgIpc) is 3.06. The van der Waals surface area contributed by atoms with Gasteiger partial charge in [-0.1, -0.05) is 0 Å². The fourth-order valence-electron chi connectivity index (χ4n) is 3.02. The van der Waals surface area contributed by atoms with Crippen LogP contribution in [0.2, 0.25) is 0 Å². The number of carbonyl (C=O) groups excluding carboxylic acids is 1. The number of aryl methyl sites for hydroxylation is 1. The maximum Gasteiger partial charge on any atom is 0.234 e. The van der Waals surface area contributed by atoms with Crippen molar-refractivity contribution in [3.63, 3.8) is 0 Å². The van der Waals surface area contributed by atoms with Crippen molar-refractivity contribution in [2.24, 2.45) is 7.05 Å². The van der Waals surface area contributed by atoms with E-state index in [9.17, 15) is 9.18 Å². The molecule has 27 heavy (non-hydrogen) atoms. The van der Waals surface area contributed by atoms with E-state index in [0.717, 1.165) is 25.5 Å². The molecule has 1 aliphatic rings. The minimum Gasteiger partial charge on any atom is -0.492 e. The maximum atomic E-state index is 12.8. The van der Waals surface area contributed by atoms with E-state index < -0.39 is 0 Å². The molecular formula is C18H25ClFN5O2. The molecule has 9 heteroatoms. The van der Waals surface area contributed by atoms with Crippen molar-refractivity contribution in [1.82, 2.24) is 25.1 Å². The number of hydrogen-bond donors (Lipinski definition) is 2. The lowest BCUT2D eigenvalue weighted by Crippen LogP contribution is -2.50. The van der Waals surface area contributed by atoms with Gasteiger partial charge in [0, 0.05) is 39.1 Å². The van der Waals surface area contributed by atoms with E-state index in [-0.39, 0.29) is 30.2 Å². The highest BCUT2D eigenvalue weighted by Gasteiger charge is 2.27. The van der Waals surface area contributed by atoms with Gasteiger partial charge < -0.3 is 19.9 Å². The van der Waals surface area contributed by atoms with Crippen molar-refractivity contribution in [3.8, 4) is 5.75 Å². The Balaban J connectivity index is 0.00000261. The summed E-state index contributed by atoms with van der Waals surface area (Å²) in [6, 6.07) is 5.89. The number of halogens is 2. The second-order valence-electron chi connectivity index (χ2n) is 6.24. The van der Waals surface area contributed by atoms with Gasteiger partial charge in [-0.05, 0) is 24.3 Å². The Morgan fingerprint density at radius 3 is 2.89 bits per heavy atom. The number of aromatic nitrogens is 2. The molecule has 1 atom stereocenters. The largest absolute Gasteiger partial charge is 0.492 e. The van der Waals surface area contributed by atoms with Gasteiger partial charge in [0.1, 0.15) is 24.0 Å². The summed E-state index contributed by atoms with van der Waals surface area (Å²) in [4.78, 5) is 18.8. The molecule has 0 bridgehead atoms. The van der Waals surface area contributed by atoms with E-state index >= 15 is 0 Å². The van der Waals surface area contributed by atoms with E-state index in [1.54, 1.807) is 18.3 Å². The summed E-state index contributed by atoms with van der Waals surface area (Å²) in [6.45, 7) is 3.46. The van der Waals surface area contributed by atoms with Crippen LogP contribution in [0.4, 0.5) is 4.39 Å². The molecule has 1 aliphatic heterocycles. The second-order valence-corrected chi connectivity index (χ2v) is 6.24. The molecule has 3 rings (SSSR count). The summed E-state index contributed by atoms with van der Waals surface area (Å²) >= 11 is 0. The maximum absolute atomic E-state index is 12.8. The molecule has 7 nitrogen and oxygen atoms in total. The Bertz CT molecular complexity index is 725. The highest BCUT2D eigenvalue weighted by molar-refractivity contribution is 5.85. The number of nitrogens with zero attached hydrogens (tertiary/aromatic N) is 3. The Kier molecular flexibility index (Phi) is 8.02. The van der Waals surface area contributed by atoms with Gasteiger partial charge in [-0.15, -0.1) is 12.4 Å². The summed E-state index contributed by atoms with van der Waals surface area (Å²) in [6.07, 6.45) is 3.68. The average molecular weight is 398 g/mol. The van der Waals surface area contributed by atoms with Gasteiger partial charge in [-0.3, -0.25) is 9.69 Å². The van der Waals surface area contributed by atoms with Gasteiger partial charge >= 0.3 is 0 Å². The highest BCUT2D eigenvalue weighted by atomic mass is 35.5. The molecule has 0 aliphatic carbocycles. The van der Waals surface area contributed by atoms with Crippen LogP contribution in [0.15, 0.2) is 36.7 Å². The first-order chi connectivity index (χ1) is 12.6. The van der Waals surface area contributed by atoms with Gasteiger partial charge in [-0.2, -0.15) is 0 Å². The predicted octanol–water partition coefficient (Wildman–Crippen LogP) is 1.12. The third-order valence-corrected chi connectivity index (χ3v) is 4.36. The Morgan fingerprint density at radius 1 is 1.41 bits per heavy atom. The minimum atomic E-state index is -0.302. The number of imidazole rings is 1. The molecule has 0 saturated carbocycles. The number of nitrogens with one attached hydrogen (secondary N) is 2. The summed E-state index contributed by atoms with van der Waals surface area (Å²) in [5, 5.41) is 6.22. The van der Waals surface area contributed by atoms with Crippen LogP contribution < -0.4 is 15.4 Å². The lowest BCUT2D eigenvalue weighted by atomic mass is 10.1. The summed E-state index contributed by atoms with van der Waals surface area (Å²) in [7, 11) is 1.96. The molecule has 0 spiro atoms. The smallest absolute Gasteiger partial charge is 0.234 e. The first kappa shape index (κ1) is 21.1. The van der Waals surface area contributed by atoms with Crippen molar-refractivity contribution in [1.29, 1.82) is 0 Å². The molecule has 1 aromatic carbocycles. The molecule has 2 aromatic rings. The second kappa shape index (κ2) is 10.2. The molecular weight excluding hydrogens is 373 g/mol. The lowest BCUT2D eigenvalue weighted by molar-refractivity contribution is -0.123. The van der Waals surface area contributed by atoms with Crippen LogP contribution in [0.5, 0.6) is 5.75 Å². The van der Waals surface area contributed by atoms with Crippen LogP contribution in [-0.4, -0.2) is 59.7 Å². The third kappa shape index (κ3) is 5.92. The van der Waals surface area contributed by atoms with Crippen LogP contribution in [0.25, 0.3) is 0 Å². The number of hydrogen-bond acceptors (Lipinski definition) is 5. The number of ether oxygens (including phenoxy) is 1. The van der Waals surface area contributed by atoms with Gasteiger partial charge in [0.15, 0.2) is 0 Å². The zero-order valence-electron chi connectivity index (χ0n) is 15.2. The monoisotopic (exact) mass is 397 g/mol. The standard InChI is InChI=1S/C18H24FN5O2.ClH/c1-23-9-7-22-18(23)16-12-20-6-10-24(16)13-17(25)21-8-11-26-15-4-2-14(19)3-5-15;/h2-5,7,9,16,20H,6,8,10-13H2,1H3,(H,21,25);1H. The van der Waals surface area contributed by atoms with Crippen molar-refractivity contribution in [3.05, 3.63) is 48.3 Å². The summed E-state index contributed by atoms with van der Waals surface area (Å²) in [5.41, 5.74) is 0. The number of benzene rings is 1. The van der Waals surface area contributed by atoms with Gasteiger partial charge in [0.05, 0.1) is 19.1 Å². The fourth-order valence-corrected chi connectivity index (χ4v) is 3.02. The minimum absolute atomic E-state index is 0. The van der Waals surface area contributed by atoms with Crippen molar-refractivity contribution < 1.29 is 13.9 Å². The van der Waals surface area contributed by atoms with Crippen LogP contribution in [0.3, 0.4) is 0 Å². The lowest BCUT2D eigenvalue weighted by Gasteiger charge is -2.35. The predicted molar refractivity (Wildman–Crippen MR) is 103 cm³/mol. The number of rotatable bonds is 7. The van der Waals surface area contributed by atoms with E-state index in [1.165, 1.54) is 12.1 Å². The topological polar surface area (TPSA) is 71.4 Å². The van der Waals surface area contributed by atoms with Crippen molar-refractivity contribution in [2.45, 2.75) is 6.04 Å². The molecule has 148 valence electrons. The van der Waals surface area contributed by atoms with E-state index in [2.05, 4.69) is 20.5 Å². The Hall–Kier alpha value is -2.16. The van der Waals surface area contributed by atoms with E-state index in [1.807, 2.05) is 17.8 Å².